The van der Waals surface area contributed by atoms with Crippen LogP contribution in [0.5, 0.6) is 0 Å². The van der Waals surface area contributed by atoms with E-state index in [1.807, 2.05) is 0 Å². The Morgan fingerprint density at radius 1 is 0.500 bits per heavy atom. The van der Waals surface area contributed by atoms with Gasteiger partial charge in [-0.3, -0.25) is 9.59 Å². The van der Waals surface area contributed by atoms with Gasteiger partial charge in [0.2, 0.25) is 11.8 Å². The molecular weight excluding hydrogens is 672 g/mol. The summed E-state index contributed by atoms with van der Waals surface area (Å²) in [5.74, 6) is 0.850. The van der Waals surface area contributed by atoms with Crippen molar-refractivity contribution < 1.29 is 9.59 Å². The third-order valence-electron chi connectivity index (χ3n) is 6.91. The Hall–Kier alpha value is 0.520. The molecule has 6 N–H and O–H groups in total. The number of carbonyl (C=O) groups excluding carboxylic acids is 2. The minimum absolute atomic E-state index is 0. The average molecular weight is 737 g/mol. The van der Waals surface area contributed by atoms with Crippen LogP contribution in [0.25, 0.3) is 0 Å². The maximum absolute atomic E-state index is 12.2. The molecule has 0 aliphatic carbocycles. The molecule has 0 fully saturated rings. The van der Waals surface area contributed by atoms with Crippen LogP contribution in [-0.4, -0.2) is 48.5 Å². The van der Waals surface area contributed by atoms with E-state index in [9.17, 15) is 9.59 Å². The summed E-state index contributed by atoms with van der Waals surface area (Å²) in [6, 6.07) is -1.06. The highest BCUT2D eigenvalue weighted by Crippen LogP contribution is 2.22. The summed E-state index contributed by atoms with van der Waals surface area (Å²) in [7, 11) is 3.02. The molecule has 0 aromatic carbocycles. The Bertz CT molecular complexity index is 506. The maximum Gasteiger partial charge on any atom is 0.237 e. The highest BCUT2D eigenvalue weighted by atomic mass is 79.9. The van der Waals surface area contributed by atoms with Crippen molar-refractivity contribution in [2.24, 2.45) is 11.5 Å². The van der Waals surface area contributed by atoms with E-state index in [1.165, 1.54) is 124 Å². The third-order valence-corrected chi connectivity index (χ3v) is 9.38. The summed E-state index contributed by atoms with van der Waals surface area (Å²) >= 11 is 0. The molecule has 0 saturated heterocycles. The normalized spacial score (nSPS) is 12.2. The lowest BCUT2D eigenvalue weighted by Crippen LogP contribution is -2.43. The van der Waals surface area contributed by atoms with Gasteiger partial charge in [0.05, 0.1) is 12.1 Å². The molecular formula is C30H64Br2N4O2S2. The van der Waals surface area contributed by atoms with E-state index >= 15 is 0 Å². The van der Waals surface area contributed by atoms with Gasteiger partial charge < -0.3 is 22.1 Å². The summed E-state index contributed by atoms with van der Waals surface area (Å²) in [5.41, 5.74) is 12.0. The molecule has 0 bridgehead atoms. The molecule has 6 nitrogen and oxygen atoms in total. The van der Waals surface area contributed by atoms with Gasteiger partial charge in [-0.15, -0.1) is 34.0 Å². The highest BCUT2D eigenvalue weighted by Gasteiger charge is 2.16. The minimum Gasteiger partial charge on any atom is -0.355 e. The van der Waals surface area contributed by atoms with Crippen molar-refractivity contribution in [3.8, 4) is 0 Å². The van der Waals surface area contributed by atoms with Crippen molar-refractivity contribution in [3.05, 3.63) is 0 Å². The van der Waals surface area contributed by atoms with Gasteiger partial charge in [-0.25, -0.2) is 0 Å². The van der Waals surface area contributed by atoms with Crippen LogP contribution < -0.4 is 22.1 Å². The summed E-state index contributed by atoms with van der Waals surface area (Å²) < 4.78 is 0. The van der Waals surface area contributed by atoms with E-state index < -0.39 is 12.1 Å². The zero-order valence-corrected chi connectivity index (χ0v) is 30.8. The predicted molar refractivity (Wildman–Crippen MR) is 191 cm³/mol. The molecule has 0 aromatic heterocycles. The smallest absolute Gasteiger partial charge is 0.237 e. The van der Waals surface area contributed by atoms with Crippen LogP contribution in [0, 0.1) is 0 Å². The summed E-state index contributed by atoms with van der Waals surface area (Å²) in [5, 5.41) is 5.91. The molecule has 0 aromatic rings. The Labute approximate surface area is 276 Å². The molecule has 0 radical (unpaired) electrons. The molecule has 0 spiro atoms. The first-order chi connectivity index (χ1) is 18.5. The molecule has 0 rings (SSSR count). The van der Waals surface area contributed by atoms with Gasteiger partial charge in [0.25, 0.3) is 0 Å². The zero-order valence-electron chi connectivity index (χ0n) is 25.7. The molecule has 2 amide bonds. The van der Waals surface area contributed by atoms with Crippen LogP contribution in [0.2, 0.25) is 0 Å². The van der Waals surface area contributed by atoms with Gasteiger partial charge in [0, 0.05) is 24.6 Å². The first-order valence-electron chi connectivity index (χ1n) is 15.8. The fourth-order valence-electron chi connectivity index (χ4n) is 4.30. The first-order valence-corrected chi connectivity index (χ1v) is 18.3. The van der Waals surface area contributed by atoms with E-state index in [0.29, 0.717) is 24.6 Å². The summed E-state index contributed by atoms with van der Waals surface area (Å²) in [4.78, 5) is 24.4. The van der Waals surface area contributed by atoms with Crippen LogP contribution in [0.1, 0.15) is 142 Å². The zero-order chi connectivity index (χ0) is 28.1. The second-order valence-electron chi connectivity index (χ2n) is 10.7. The molecule has 0 saturated carbocycles. The molecule has 40 heavy (non-hydrogen) atoms. The van der Waals surface area contributed by atoms with Crippen molar-refractivity contribution in [2.45, 2.75) is 154 Å². The minimum atomic E-state index is -0.531. The topological polar surface area (TPSA) is 110 Å². The number of unbranched alkanes of at least 4 members (excludes halogenated alkanes) is 18. The van der Waals surface area contributed by atoms with E-state index in [-0.39, 0.29) is 45.8 Å². The molecule has 2 atom stereocenters. The number of hydrogen-bond donors (Lipinski definition) is 4. The van der Waals surface area contributed by atoms with Gasteiger partial charge in [-0.1, -0.05) is 151 Å². The van der Waals surface area contributed by atoms with Crippen LogP contribution in [0.4, 0.5) is 0 Å². The standard InChI is InChI=1S/C30H62N4O2S2.2BrH/c1-3-5-7-9-11-13-15-17-19-21-23-33-29(35)27(31)25-37-38-26-28(32)30(36)34-24-22-20-18-16-14-12-10-8-6-4-2;;/h27-28H,3-26,31-32H2,1-2H3,(H,33,35)(H,34,36);2*1H/t27-,28-;;/m0../s1. The summed E-state index contributed by atoms with van der Waals surface area (Å²) in [6.07, 6.45) is 25.7. The van der Waals surface area contributed by atoms with Crippen molar-refractivity contribution in [1.82, 2.24) is 10.6 Å². The lowest BCUT2D eigenvalue weighted by atomic mass is 10.1. The fraction of sp³-hybridized carbons (Fsp3) is 0.933. The fourth-order valence-corrected chi connectivity index (χ4v) is 6.55. The number of nitrogens with one attached hydrogen (secondary N) is 2. The number of rotatable bonds is 29. The highest BCUT2D eigenvalue weighted by molar-refractivity contribution is 8.93. The molecule has 0 aliphatic heterocycles. The van der Waals surface area contributed by atoms with Gasteiger partial charge in [0.1, 0.15) is 0 Å². The third kappa shape index (κ3) is 31.5. The van der Waals surface area contributed by atoms with Gasteiger partial charge in [-0.05, 0) is 12.8 Å². The Morgan fingerprint density at radius 3 is 1.02 bits per heavy atom. The molecule has 0 aliphatic rings. The van der Waals surface area contributed by atoms with Crippen molar-refractivity contribution >= 4 is 67.4 Å². The lowest BCUT2D eigenvalue weighted by Gasteiger charge is -2.14. The number of hydrogen-bond acceptors (Lipinski definition) is 6. The van der Waals surface area contributed by atoms with Crippen molar-refractivity contribution in [3.63, 3.8) is 0 Å². The van der Waals surface area contributed by atoms with Gasteiger partial charge in [0.15, 0.2) is 0 Å². The van der Waals surface area contributed by atoms with Crippen molar-refractivity contribution in [1.29, 1.82) is 0 Å². The van der Waals surface area contributed by atoms with Gasteiger partial charge >= 0.3 is 0 Å². The summed E-state index contributed by atoms with van der Waals surface area (Å²) in [6.45, 7) is 5.90. The second-order valence-corrected chi connectivity index (χ2v) is 13.3. The van der Waals surface area contributed by atoms with Crippen molar-refractivity contribution in [2.75, 3.05) is 24.6 Å². The Morgan fingerprint density at radius 2 is 0.750 bits per heavy atom. The molecule has 0 heterocycles. The van der Waals surface area contributed by atoms with E-state index in [4.69, 9.17) is 11.5 Å². The van der Waals surface area contributed by atoms with Crippen LogP contribution in [-0.2, 0) is 9.59 Å². The lowest BCUT2D eigenvalue weighted by molar-refractivity contribution is -0.122. The number of halogens is 2. The van der Waals surface area contributed by atoms with E-state index in [0.717, 1.165) is 25.7 Å². The predicted octanol–water partition coefficient (Wildman–Crippen LogP) is 8.25. The quantitative estimate of drug-likeness (QED) is 0.0455. The maximum atomic E-state index is 12.2. The molecule has 10 heteroatoms. The van der Waals surface area contributed by atoms with E-state index in [1.54, 1.807) is 0 Å². The molecule has 242 valence electrons. The first kappa shape index (κ1) is 45.0. The number of nitrogens with two attached hydrogens (primary N) is 2. The van der Waals surface area contributed by atoms with Crippen LogP contribution >= 0.6 is 55.6 Å². The number of carbonyl (C=O) groups is 2. The average Bonchev–Trinajstić information content (AvgIpc) is 2.92. The molecule has 0 unspecified atom stereocenters. The van der Waals surface area contributed by atoms with Crippen LogP contribution in [0.3, 0.4) is 0 Å². The second kappa shape index (κ2) is 35.7. The SMILES string of the molecule is Br.Br.CCCCCCCCCCCCNC(=O)[C@@H](N)CSSC[C@H](N)C(=O)NCCCCCCCCCCCC. The largest absolute Gasteiger partial charge is 0.355 e. The Balaban J connectivity index is -0.00000684. The number of amides is 2. The van der Waals surface area contributed by atoms with Crippen LogP contribution in [0.15, 0.2) is 0 Å². The monoisotopic (exact) mass is 734 g/mol. The van der Waals surface area contributed by atoms with Gasteiger partial charge in [-0.2, -0.15) is 0 Å². The Kier molecular flexibility index (Phi) is 40.1. The van der Waals surface area contributed by atoms with E-state index in [2.05, 4.69) is 24.5 Å².